The van der Waals surface area contributed by atoms with Crippen LogP contribution in [0.1, 0.15) is 4.88 Å². The lowest BCUT2D eigenvalue weighted by atomic mass is 10.2. The fourth-order valence-corrected chi connectivity index (χ4v) is 4.08. The van der Waals surface area contributed by atoms with Crippen LogP contribution in [0.25, 0.3) is 0 Å². The Bertz CT molecular complexity index is 632. The predicted octanol–water partition coefficient (Wildman–Crippen LogP) is 4.52. The van der Waals surface area contributed by atoms with Crippen LogP contribution in [0, 0.1) is 0 Å². The van der Waals surface area contributed by atoms with Crippen molar-refractivity contribution in [3.05, 3.63) is 45.6 Å². The normalized spacial score (nSPS) is 10.4. The van der Waals surface area contributed by atoms with Gasteiger partial charge in [0.2, 0.25) is 0 Å². The SMILES string of the molecule is CN(C)c1c(Cl)cccc1NC(=O)NCCSCc1cccs1. The molecule has 2 N–H and O–H groups in total. The van der Waals surface area contributed by atoms with Crippen molar-refractivity contribution in [1.82, 2.24) is 5.32 Å². The summed E-state index contributed by atoms with van der Waals surface area (Å²) in [5, 5.41) is 8.41. The molecule has 0 aliphatic carbocycles. The number of para-hydroxylation sites is 1. The van der Waals surface area contributed by atoms with Crippen LogP contribution in [0.2, 0.25) is 5.02 Å². The lowest BCUT2D eigenvalue weighted by Crippen LogP contribution is -2.31. The van der Waals surface area contributed by atoms with Gasteiger partial charge in [0.25, 0.3) is 0 Å². The number of amides is 2. The molecule has 0 unspecified atom stereocenters. The molecular weight excluding hydrogens is 350 g/mol. The van der Waals surface area contributed by atoms with Crippen molar-refractivity contribution in [3.63, 3.8) is 0 Å². The third-order valence-corrected chi connectivity index (χ3v) is 5.41. The lowest BCUT2D eigenvalue weighted by Gasteiger charge is -2.19. The summed E-state index contributed by atoms with van der Waals surface area (Å²) in [5.41, 5.74) is 1.50. The van der Waals surface area contributed by atoms with Crippen molar-refractivity contribution in [3.8, 4) is 0 Å². The molecule has 0 aliphatic rings. The molecule has 0 aliphatic heterocycles. The molecule has 1 aromatic heterocycles. The van der Waals surface area contributed by atoms with E-state index in [0.717, 1.165) is 17.2 Å². The number of urea groups is 1. The maximum Gasteiger partial charge on any atom is 0.319 e. The first-order chi connectivity index (χ1) is 11.1. The molecule has 4 nitrogen and oxygen atoms in total. The van der Waals surface area contributed by atoms with Gasteiger partial charge >= 0.3 is 6.03 Å². The van der Waals surface area contributed by atoms with E-state index in [1.54, 1.807) is 17.4 Å². The Kier molecular flexibility index (Phi) is 7.08. The highest BCUT2D eigenvalue weighted by molar-refractivity contribution is 7.98. The van der Waals surface area contributed by atoms with Crippen LogP contribution >= 0.6 is 34.7 Å². The second-order valence-corrected chi connectivity index (χ2v) is 7.59. The van der Waals surface area contributed by atoms with E-state index >= 15 is 0 Å². The summed E-state index contributed by atoms with van der Waals surface area (Å²) in [5.74, 6) is 1.86. The van der Waals surface area contributed by atoms with E-state index in [-0.39, 0.29) is 6.03 Å². The molecule has 1 aromatic carbocycles. The Hall–Kier alpha value is -1.37. The number of benzene rings is 1. The van der Waals surface area contributed by atoms with Crippen LogP contribution in [0.15, 0.2) is 35.7 Å². The van der Waals surface area contributed by atoms with E-state index in [1.807, 2.05) is 42.9 Å². The number of carbonyl (C=O) groups excluding carboxylic acids is 1. The highest BCUT2D eigenvalue weighted by Gasteiger charge is 2.11. The largest absolute Gasteiger partial charge is 0.375 e. The van der Waals surface area contributed by atoms with Gasteiger partial charge in [-0.25, -0.2) is 4.79 Å². The highest BCUT2D eigenvalue weighted by atomic mass is 35.5. The molecule has 0 saturated heterocycles. The summed E-state index contributed by atoms with van der Waals surface area (Å²) < 4.78 is 0. The molecule has 0 atom stereocenters. The number of nitrogens with one attached hydrogen (secondary N) is 2. The maximum atomic E-state index is 12.0. The van der Waals surface area contributed by atoms with Gasteiger partial charge in [0, 0.05) is 37.0 Å². The summed E-state index contributed by atoms with van der Waals surface area (Å²) >= 11 is 9.75. The van der Waals surface area contributed by atoms with Crippen LogP contribution in [-0.2, 0) is 5.75 Å². The van der Waals surface area contributed by atoms with Crippen LogP contribution in [0.4, 0.5) is 16.2 Å². The van der Waals surface area contributed by atoms with Gasteiger partial charge in [-0.15, -0.1) is 11.3 Å². The molecule has 0 saturated carbocycles. The number of halogens is 1. The first kappa shape index (κ1) is 18.0. The minimum absolute atomic E-state index is 0.216. The number of rotatable bonds is 7. The van der Waals surface area contributed by atoms with Crippen molar-refractivity contribution in [2.45, 2.75) is 5.75 Å². The Morgan fingerprint density at radius 3 is 2.83 bits per heavy atom. The van der Waals surface area contributed by atoms with E-state index in [2.05, 4.69) is 28.1 Å². The number of nitrogens with zero attached hydrogens (tertiary/aromatic N) is 1. The third-order valence-electron chi connectivity index (χ3n) is 3.04. The predicted molar refractivity (Wildman–Crippen MR) is 103 cm³/mol. The number of thiophene rings is 1. The number of hydrogen-bond acceptors (Lipinski definition) is 4. The molecule has 2 rings (SSSR count). The van der Waals surface area contributed by atoms with E-state index in [9.17, 15) is 4.79 Å². The zero-order valence-corrected chi connectivity index (χ0v) is 15.5. The van der Waals surface area contributed by atoms with Gasteiger partial charge in [0.05, 0.1) is 16.4 Å². The average Bonchev–Trinajstić information content (AvgIpc) is 2.99. The second-order valence-electron chi connectivity index (χ2n) is 5.04. The first-order valence-electron chi connectivity index (χ1n) is 7.18. The standard InChI is InChI=1S/C16H20ClN3OS2/c1-20(2)15-13(17)6-3-7-14(15)19-16(21)18-8-10-22-11-12-5-4-9-23-12/h3-7,9H,8,10-11H2,1-2H3,(H2,18,19,21). The van der Waals surface area contributed by atoms with E-state index in [0.29, 0.717) is 17.3 Å². The van der Waals surface area contributed by atoms with Gasteiger partial charge in [0.1, 0.15) is 0 Å². The second kappa shape index (κ2) is 9.05. The lowest BCUT2D eigenvalue weighted by molar-refractivity contribution is 0.252. The smallest absolute Gasteiger partial charge is 0.319 e. The molecule has 2 aromatic rings. The Balaban J connectivity index is 1.75. The number of hydrogen-bond donors (Lipinski definition) is 2. The molecule has 23 heavy (non-hydrogen) atoms. The van der Waals surface area contributed by atoms with Crippen molar-refractivity contribution >= 4 is 52.1 Å². The summed E-state index contributed by atoms with van der Waals surface area (Å²) in [7, 11) is 3.79. The molecule has 1 heterocycles. The van der Waals surface area contributed by atoms with E-state index in [1.165, 1.54) is 4.88 Å². The minimum Gasteiger partial charge on any atom is -0.375 e. The summed E-state index contributed by atoms with van der Waals surface area (Å²) in [6, 6.07) is 9.43. The third kappa shape index (κ3) is 5.64. The van der Waals surface area contributed by atoms with E-state index in [4.69, 9.17) is 11.6 Å². The van der Waals surface area contributed by atoms with Gasteiger partial charge in [-0.3, -0.25) is 0 Å². The topological polar surface area (TPSA) is 44.4 Å². The first-order valence-corrected chi connectivity index (χ1v) is 9.60. The molecule has 0 fully saturated rings. The molecule has 7 heteroatoms. The van der Waals surface area contributed by atoms with Crippen LogP contribution in [0.3, 0.4) is 0 Å². The fourth-order valence-electron chi connectivity index (χ4n) is 2.04. The minimum atomic E-state index is -0.216. The van der Waals surface area contributed by atoms with Crippen molar-refractivity contribution in [2.75, 3.05) is 36.6 Å². The molecular formula is C16H20ClN3OS2. The number of carbonyl (C=O) groups is 1. The zero-order chi connectivity index (χ0) is 16.7. The summed E-state index contributed by atoms with van der Waals surface area (Å²) in [4.78, 5) is 15.2. The number of thioether (sulfide) groups is 1. The molecule has 2 amide bonds. The molecule has 0 spiro atoms. The van der Waals surface area contributed by atoms with Crippen LogP contribution < -0.4 is 15.5 Å². The fraction of sp³-hybridized carbons (Fsp3) is 0.312. The van der Waals surface area contributed by atoms with Gasteiger partial charge in [-0.1, -0.05) is 23.7 Å². The van der Waals surface area contributed by atoms with Gasteiger partial charge in [0.15, 0.2) is 0 Å². The Morgan fingerprint density at radius 2 is 2.13 bits per heavy atom. The Labute approximate surface area is 150 Å². The van der Waals surface area contributed by atoms with Crippen molar-refractivity contribution < 1.29 is 4.79 Å². The number of anilines is 2. The maximum absolute atomic E-state index is 12.0. The summed E-state index contributed by atoms with van der Waals surface area (Å²) in [6.45, 7) is 0.625. The quantitative estimate of drug-likeness (QED) is 0.705. The van der Waals surface area contributed by atoms with Crippen LogP contribution in [0.5, 0.6) is 0 Å². The van der Waals surface area contributed by atoms with Crippen LogP contribution in [-0.4, -0.2) is 32.4 Å². The highest BCUT2D eigenvalue weighted by Crippen LogP contribution is 2.32. The van der Waals surface area contributed by atoms with E-state index < -0.39 is 0 Å². The average molecular weight is 370 g/mol. The Morgan fingerprint density at radius 1 is 1.30 bits per heavy atom. The monoisotopic (exact) mass is 369 g/mol. The molecule has 0 radical (unpaired) electrons. The van der Waals surface area contributed by atoms with Gasteiger partial charge < -0.3 is 15.5 Å². The molecule has 0 bridgehead atoms. The van der Waals surface area contributed by atoms with Crippen molar-refractivity contribution in [1.29, 1.82) is 0 Å². The zero-order valence-electron chi connectivity index (χ0n) is 13.1. The van der Waals surface area contributed by atoms with Gasteiger partial charge in [-0.2, -0.15) is 11.8 Å². The summed E-state index contributed by atoms with van der Waals surface area (Å²) in [6.07, 6.45) is 0. The van der Waals surface area contributed by atoms with Crippen molar-refractivity contribution in [2.24, 2.45) is 0 Å². The molecule has 124 valence electrons. The van der Waals surface area contributed by atoms with Gasteiger partial charge in [-0.05, 0) is 23.6 Å².